The molecule has 26 heavy (non-hydrogen) atoms. The van der Waals surface area contributed by atoms with E-state index in [2.05, 4.69) is 6.08 Å². The van der Waals surface area contributed by atoms with E-state index in [0.717, 1.165) is 29.5 Å². The monoisotopic (exact) mass is 357 g/mol. The highest BCUT2D eigenvalue weighted by atomic mass is 16.5. The van der Waals surface area contributed by atoms with Gasteiger partial charge in [0.2, 0.25) is 5.91 Å². The van der Waals surface area contributed by atoms with Crippen molar-refractivity contribution in [3.63, 3.8) is 0 Å². The summed E-state index contributed by atoms with van der Waals surface area (Å²) in [7, 11) is 4.59. The highest BCUT2D eigenvalue weighted by Crippen LogP contribution is 2.58. The summed E-state index contributed by atoms with van der Waals surface area (Å²) in [5.74, 6) is 0.977. The van der Waals surface area contributed by atoms with Crippen LogP contribution in [0.2, 0.25) is 0 Å². The topological polar surface area (TPSA) is 65.1 Å². The lowest BCUT2D eigenvalue weighted by molar-refractivity contribution is -0.154. The fourth-order valence-electron chi connectivity index (χ4n) is 4.86. The lowest BCUT2D eigenvalue weighted by atomic mass is 9.67. The maximum Gasteiger partial charge on any atom is 0.318 e. The number of fused-ring (bicyclic) bond motifs is 5. The molecule has 1 aromatic rings. The number of hydrogen-bond donors (Lipinski definition) is 0. The van der Waals surface area contributed by atoms with E-state index in [1.54, 1.807) is 14.2 Å². The first-order valence-electron chi connectivity index (χ1n) is 8.89. The Balaban J connectivity index is 1.95. The van der Waals surface area contributed by atoms with Gasteiger partial charge in [-0.25, -0.2) is 0 Å². The summed E-state index contributed by atoms with van der Waals surface area (Å²) in [5.41, 5.74) is 2.07. The Labute approximate surface area is 152 Å². The second kappa shape index (κ2) is 6.04. The molecule has 1 aromatic carbocycles. The van der Waals surface area contributed by atoms with E-state index in [4.69, 9.17) is 14.2 Å². The molecule has 0 unspecified atom stereocenters. The highest BCUT2D eigenvalue weighted by Gasteiger charge is 2.60. The number of amides is 1. The molecule has 1 fully saturated rings. The van der Waals surface area contributed by atoms with Gasteiger partial charge in [0.05, 0.1) is 33.8 Å². The van der Waals surface area contributed by atoms with Crippen molar-refractivity contribution in [3.8, 4) is 11.5 Å². The third kappa shape index (κ3) is 2.11. The van der Waals surface area contributed by atoms with Crippen molar-refractivity contribution in [2.24, 2.45) is 5.41 Å². The number of nitrogens with zero attached hydrogens (tertiary/aromatic N) is 1. The van der Waals surface area contributed by atoms with Gasteiger partial charge in [0.25, 0.3) is 0 Å². The van der Waals surface area contributed by atoms with Crippen molar-refractivity contribution < 1.29 is 23.8 Å². The average Bonchev–Trinajstić information content (AvgIpc) is 3.03. The van der Waals surface area contributed by atoms with Gasteiger partial charge in [-0.05, 0) is 48.1 Å². The number of rotatable bonds is 3. The Bertz CT molecular complexity index is 815. The molecule has 2 heterocycles. The molecule has 1 saturated heterocycles. The predicted octanol–water partition coefficient (Wildman–Crippen LogP) is 2.41. The van der Waals surface area contributed by atoms with Crippen LogP contribution in [-0.2, 0) is 20.7 Å². The van der Waals surface area contributed by atoms with Crippen molar-refractivity contribution in [3.05, 3.63) is 34.9 Å². The second-order valence-corrected chi connectivity index (χ2v) is 7.09. The second-order valence-electron chi connectivity index (χ2n) is 7.09. The minimum absolute atomic E-state index is 0.0355. The summed E-state index contributed by atoms with van der Waals surface area (Å²) in [6.07, 6.45) is 4.94. The van der Waals surface area contributed by atoms with Crippen molar-refractivity contribution >= 4 is 11.9 Å². The van der Waals surface area contributed by atoms with Crippen LogP contribution in [0.1, 0.15) is 36.4 Å². The number of carbonyl (C=O) groups excluding carboxylic acids is 2. The van der Waals surface area contributed by atoms with Crippen LogP contribution in [0.5, 0.6) is 11.5 Å². The highest BCUT2D eigenvalue weighted by molar-refractivity contribution is 5.90. The van der Waals surface area contributed by atoms with E-state index in [1.165, 1.54) is 7.11 Å². The third-order valence-electron chi connectivity index (χ3n) is 6.01. The van der Waals surface area contributed by atoms with E-state index >= 15 is 0 Å². The summed E-state index contributed by atoms with van der Waals surface area (Å²) in [5, 5.41) is 0. The molecule has 2 aliphatic heterocycles. The number of carbonyl (C=O) groups is 2. The van der Waals surface area contributed by atoms with E-state index in [1.807, 2.05) is 17.0 Å². The molecule has 1 aliphatic carbocycles. The molecule has 6 heteroatoms. The fraction of sp³-hybridized carbons (Fsp3) is 0.500. The first kappa shape index (κ1) is 16.9. The van der Waals surface area contributed by atoms with Crippen molar-refractivity contribution in [1.82, 2.24) is 4.90 Å². The summed E-state index contributed by atoms with van der Waals surface area (Å²) in [4.78, 5) is 27.7. The summed E-state index contributed by atoms with van der Waals surface area (Å²) < 4.78 is 16.1. The van der Waals surface area contributed by atoms with Gasteiger partial charge in [-0.2, -0.15) is 0 Å². The van der Waals surface area contributed by atoms with Crippen LogP contribution in [0.15, 0.2) is 23.8 Å². The molecule has 0 spiro atoms. The molecule has 0 saturated carbocycles. The molecule has 3 aliphatic rings. The van der Waals surface area contributed by atoms with Gasteiger partial charge in [-0.3, -0.25) is 9.59 Å². The molecular weight excluding hydrogens is 334 g/mol. The number of hydrogen-bond acceptors (Lipinski definition) is 5. The van der Waals surface area contributed by atoms with Crippen LogP contribution in [0, 0.1) is 5.41 Å². The predicted molar refractivity (Wildman–Crippen MR) is 94.1 cm³/mol. The number of ether oxygens (including phenoxy) is 3. The smallest absolute Gasteiger partial charge is 0.318 e. The molecule has 138 valence electrons. The molecule has 0 radical (unpaired) electrons. The first-order chi connectivity index (χ1) is 12.6. The minimum Gasteiger partial charge on any atom is -0.493 e. The van der Waals surface area contributed by atoms with E-state index in [-0.39, 0.29) is 17.9 Å². The van der Waals surface area contributed by atoms with Crippen molar-refractivity contribution in [2.75, 3.05) is 27.9 Å². The number of esters is 1. The Kier molecular flexibility index (Phi) is 3.93. The zero-order chi connectivity index (χ0) is 18.5. The molecule has 0 bridgehead atoms. The Morgan fingerprint density at radius 2 is 1.92 bits per heavy atom. The molecule has 1 amide bonds. The van der Waals surface area contributed by atoms with Crippen LogP contribution in [0.25, 0.3) is 0 Å². The van der Waals surface area contributed by atoms with Crippen LogP contribution < -0.4 is 9.47 Å². The normalized spacial score (nSPS) is 26.4. The molecule has 0 aromatic heterocycles. The Hall–Kier alpha value is -2.50. The lowest BCUT2D eigenvalue weighted by Crippen LogP contribution is -2.45. The standard InChI is InChI=1S/C20H23NO5/c1-24-15-8-12-9-17(22)21-11-13-6-4-5-7-20(13,19(23)26-3)18(21)14(12)10-16(15)25-2/h6,8,10,18H,4-5,7,9,11H2,1-3H3/t18-,20-/m1/s1. The van der Waals surface area contributed by atoms with Gasteiger partial charge in [0.1, 0.15) is 5.41 Å². The number of methoxy groups -OCH3 is 3. The summed E-state index contributed by atoms with van der Waals surface area (Å²) >= 11 is 0. The number of allylic oxidation sites excluding steroid dienone is 1. The Morgan fingerprint density at radius 1 is 1.19 bits per heavy atom. The minimum atomic E-state index is -0.794. The fourth-order valence-corrected chi connectivity index (χ4v) is 4.86. The molecule has 4 rings (SSSR count). The van der Waals surface area contributed by atoms with Crippen LogP contribution in [0.4, 0.5) is 0 Å². The summed E-state index contributed by atoms with van der Waals surface area (Å²) in [6, 6.07) is 3.43. The maximum absolute atomic E-state index is 13.0. The molecule has 2 atom stereocenters. The summed E-state index contributed by atoms with van der Waals surface area (Å²) in [6.45, 7) is 0.492. The quantitative estimate of drug-likeness (QED) is 0.614. The van der Waals surface area contributed by atoms with E-state index in [9.17, 15) is 9.59 Å². The zero-order valence-electron chi connectivity index (χ0n) is 15.3. The molecule has 0 N–H and O–H groups in total. The SMILES string of the molecule is COC(=O)[C@]12CCCC=C1CN1C(=O)Cc3cc(OC)c(OC)cc3[C@@H]12. The van der Waals surface area contributed by atoms with Gasteiger partial charge in [0, 0.05) is 6.54 Å². The van der Waals surface area contributed by atoms with Crippen LogP contribution in [0.3, 0.4) is 0 Å². The lowest BCUT2D eigenvalue weighted by Gasteiger charge is -2.41. The van der Waals surface area contributed by atoms with Crippen LogP contribution >= 0.6 is 0 Å². The van der Waals surface area contributed by atoms with Gasteiger partial charge >= 0.3 is 5.97 Å². The van der Waals surface area contributed by atoms with Gasteiger partial charge in [-0.15, -0.1) is 0 Å². The largest absolute Gasteiger partial charge is 0.493 e. The van der Waals surface area contributed by atoms with Crippen molar-refractivity contribution in [2.45, 2.75) is 31.7 Å². The third-order valence-corrected chi connectivity index (χ3v) is 6.01. The van der Waals surface area contributed by atoms with Crippen molar-refractivity contribution in [1.29, 1.82) is 0 Å². The van der Waals surface area contributed by atoms with E-state index < -0.39 is 5.41 Å². The maximum atomic E-state index is 13.0. The zero-order valence-corrected chi connectivity index (χ0v) is 15.3. The molecular formula is C20H23NO5. The van der Waals surface area contributed by atoms with Gasteiger partial charge in [-0.1, -0.05) is 6.08 Å². The van der Waals surface area contributed by atoms with E-state index in [0.29, 0.717) is 30.9 Å². The van der Waals surface area contributed by atoms with Gasteiger partial charge in [0.15, 0.2) is 11.5 Å². The Morgan fingerprint density at radius 3 is 2.62 bits per heavy atom. The first-order valence-corrected chi connectivity index (χ1v) is 8.89. The van der Waals surface area contributed by atoms with Crippen LogP contribution in [-0.4, -0.2) is 44.7 Å². The number of benzene rings is 1. The van der Waals surface area contributed by atoms with Gasteiger partial charge < -0.3 is 19.1 Å². The average molecular weight is 357 g/mol. The molecule has 6 nitrogen and oxygen atoms in total.